The summed E-state index contributed by atoms with van der Waals surface area (Å²) in [4.78, 5) is 18.0. The van der Waals surface area contributed by atoms with Gasteiger partial charge in [-0.1, -0.05) is 0 Å². The fraction of sp³-hybridized carbons (Fsp3) is 0.353. The van der Waals surface area contributed by atoms with Crippen molar-refractivity contribution >= 4 is 29.6 Å². The molecule has 0 radical (unpaired) electrons. The SMILES string of the molecule is Oc1nc(NCCN2CCOCC2)[nH]c1C=C1C=Nc2ncccc21. The van der Waals surface area contributed by atoms with Gasteiger partial charge >= 0.3 is 0 Å². The van der Waals surface area contributed by atoms with Crippen LogP contribution in [0.5, 0.6) is 5.88 Å². The van der Waals surface area contributed by atoms with Crippen LogP contribution in [0.25, 0.3) is 11.6 Å². The first-order chi connectivity index (χ1) is 12.3. The number of hydrogen-bond donors (Lipinski definition) is 3. The number of imidazole rings is 1. The lowest BCUT2D eigenvalue weighted by molar-refractivity contribution is 0.0398. The molecule has 130 valence electrons. The Morgan fingerprint density at radius 1 is 1.36 bits per heavy atom. The molecule has 2 aromatic rings. The zero-order valence-electron chi connectivity index (χ0n) is 13.8. The van der Waals surface area contributed by atoms with Crippen molar-refractivity contribution in [3.63, 3.8) is 0 Å². The van der Waals surface area contributed by atoms with Crippen LogP contribution in [-0.2, 0) is 4.74 Å². The van der Waals surface area contributed by atoms with Crippen LogP contribution in [0.2, 0.25) is 0 Å². The Hall–Kier alpha value is -2.71. The number of hydrogen-bond acceptors (Lipinski definition) is 7. The summed E-state index contributed by atoms with van der Waals surface area (Å²) in [6, 6.07) is 3.82. The van der Waals surface area contributed by atoms with E-state index in [1.807, 2.05) is 18.2 Å². The predicted octanol–water partition coefficient (Wildman–Crippen LogP) is 1.51. The van der Waals surface area contributed by atoms with E-state index < -0.39 is 0 Å². The van der Waals surface area contributed by atoms with Crippen molar-refractivity contribution in [3.8, 4) is 5.88 Å². The summed E-state index contributed by atoms with van der Waals surface area (Å²) in [7, 11) is 0. The second-order valence-electron chi connectivity index (χ2n) is 5.94. The molecule has 1 saturated heterocycles. The number of allylic oxidation sites excluding steroid dienone is 1. The summed E-state index contributed by atoms with van der Waals surface area (Å²) >= 11 is 0. The molecule has 1 fully saturated rings. The van der Waals surface area contributed by atoms with E-state index in [4.69, 9.17) is 4.74 Å². The summed E-state index contributed by atoms with van der Waals surface area (Å²) in [6.07, 6.45) is 5.28. The molecular formula is C17H20N6O2. The van der Waals surface area contributed by atoms with E-state index in [-0.39, 0.29) is 5.88 Å². The Labute approximate surface area is 145 Å². The minimum Gasteiger partial charge on any atom is -0.492 e. The first-order valence-corrected chi connectivity index (χ1v) is 8.34. The molecule has 0 spiro atoms. The van der Waals surface area contributed by atoms with Crippen molar-refractivity contribution in [2.45, 2.75) is 0 Å². The number of ether oxygens (including phenoxy) is 1. The highest BCUT2D eigenvalue weighted by Crippen LogP contribution is 2.31. The van der Waals surface area contributed by atoms with Crippen molar-refractivity contribution in [3.05, 3.63) is 29.6 Å². The molecule has 25 heavy (non-hydrogen) atoms. The molecule has 0 atom stereocenters. The first-order valence-electron chi connectivity index (χ1n) is 8.34. The standard InChI is InChI=1S/C17H20N6O2/c24-16-14(10-12-11-20-15-13(12)2-1-3-18-15)21-17(22-16)19-4-5-23-6-8-25-9-7-23/h1-3,10-11,24H,4-9H2,(H2,19,21,22). The third-order valence-electron chi connectivity index (χ3n) is 4.26. The van der Waals surface area contributed by atoms with Gasteiger partial charge in [-0.05, 0) is 18.2 Å². The van der Waals surface area contributed by atoms with Crippen LogP contribution < -0.4 is 5.32 Å². The Morgan fingerprint density at radius 3 is 3.12 bits per heavy atom. The second kappa shape index (κ2) is 7.04. The topological polar surface area (TPSA) is 98.7 Å². The number of morpholine rings is 1. The minimum atomic E-state index is -0.0351. The molecule has 0 bridgehead atoms. The van der Waals surface area contributed by atoms with Crippen molar-refractivity contribution in [1.82, 2.24) is 19.9 Å². The summed E-state index contributed by atoms with van der Waals surface area (Å²) in [5, 5.41) is 13.3. The van der Waals surface area contributed by atoms with E-state index >= 15 is 0 Å². The molecule has 4 heterocycles. The normalized spacial score (nSPS) is 18.6. The van der Waals surface area contributed by atoms with Gasteiger partial charge in [-0.25, -0.2) is 9.98 Å². The predicted molar refractivity (Wildman–Crippen MR) is 96.3 cm³/mol. The average Bonchev–Trinajstić information content (AvgIpc) is 3.20. The Kier molecular flexibility index (Phi) is 4.45. The van der Waals surface area contributed by atoms with E-state index in [1.54, 1.807) is 12.4 Å². The van der Waals surface area contributed by atoms with Crippen LogP contribution in [-0.4, -0.2) is 70.6 Å². The summed E-state index contributed by atoms with van der Waals surface area (Å²) in [6.45, 7) is 5.14. The molecular weight excluding hydrogens is 320 g/mol. The van der Waals surface area contributed by atoms with Crippen molar-refractivity contribution in [1.29, 1.82) is 0 Å². The van der Waals surface area contributed by atoms with Gasteiger partial charge in [0, 0.05) is 49.7 Å². The third-order valence-corrected chi connectivity index (χ3v) is 4.26. The molecule has 0 saturated carbocycles. The highest BCUT2D eigenvalue weighted by atomic mass is 16.5. The van der Waals surface area contributed by atoms with Gasteiger partial charge < -0.3 is 20.1 Å². The van der Waals surface area contributed by atoms with Crippen LogP contribution in [0.15, 0.2) is 23.3 Å². The highest BCUT2D eigenvalue weighted by Gasteiger charge is 2.15. The summed E-state index contributed by atoms with van der Waals surface area (Å²) in [5.41, 5.74) is 2.38. The lowest BCUT2D eigenvalue weighted by atomic mass is 10.1. The van der Waals surface area contributed by atoms with Crippen LogP contribution in [0.1, 0.15) is 11.3 Å². The number of nitrogens with one attached hydrogen (secondary N) is 2. The molecule has 2 aromatic heterocycles. The van der Waals surface area contributed by atoms with Gasteiger partial charge in [0.15, 0.2) is 5.82 Å². The Balaban J connectivity index is 1.41. The largest absolute Gasteiger partial charge is 0.492 e. The number of anilines is 1. The van der Waals surface area contributed by atoms with E-state index in [2.05, 4.69) is 30.2 Å². The number of aromatic nitrogens is 3. The van der Waals surface area contributed by atoms with Gasteiger partial charge in [0.05, 0.1) is 13.2 Å². The number of fused-ring (bicyclic) bond motifs is 1. The number of aliphatic imine (C=N–C) groups is 1. The number of aromatic amines is 1. The van der Waals surface area contributed by atoms with E-state index in [0.717, 1.165) is 50.5 Å². The number of nitrogens with zero attached hydrogens (tertiary/aromatic N) is 4. The van der Waals surface area contributed by atoms with Gasteiger partial charge in [-0.3, -0.25) is 4.90 Å². The molecule has 4 rings (SSSR count). The van der Waals surface area contributed by atoms with Crippen LogP contribution >= 0.6 is 0 Å². The second-order valence-corrected chi connectivity index (χ2v) is 5.94. The summed E-state index contributed by atoms with van der Waals surface area (Å²) < 4.78 is 5.34. The maximum atomic E-state index is 10.1. The van der Waals surface area contributed by atoms with Gasteiger partial charge in [-0.2, -0.15) is 4.98 Å². The fourth-order valence-electron chi connectivity index (χ4n) is 2.92. The molecule has 2 aliphatic heterocycles. The summed E-state index contributed by atoms with van der Waals surface area (Å²) in [5.74, 6) is 1.21. The van der Waals surface area contributed by atoms with E-state index in [9.17, 15) is 5.11 Å². The molecule has 0 amide bonds. The molecule has 0 unspecified atom stereocenters. The fourth-order valence-corrected chi connectivity index (χ4v) is 2.92. The van der Waals surface area contributed by atoms with Crippen molar-refractivity contribution in [2.24, 2.45) is 4.99 Å². The number of pyridine rings is 1. The monoisotopic (exact) mass is 340 g/mol. The molecule has 8 heteroatoms. The quantitative estimate of drug-likeness (QED) is 0.763. The molecule has 0 aromatic carbocycles. The first kappa shape index (κ1) is 15.8. The lowest BCUT2D eigenvalue weighted by Crippen LogP contribution is -2.39. The van der Waals surface area contributed by atoms with Gasteiger partial charge in [0.2, 0.25) is 11.8 Å². The lowest BCUT2D eigenvalue weighted by Gasteiger charge is -2.26. The molecule has 8 nitrogen and oxygen atoms in total. The van der Waals surface area contributed by atoms with Gasteiger partial charge in [0.25, 0.3) is 0 Å². The van der Waals surface area contributed by atoms with Crippen LogP contribution in [0.4, 0.5) is 11.8 Å². The third kappa shape index (κ3) is 3.54. The van der Waals surface area contributed by atoms with E-state index in [1.165, 1.54) is 0 Å². The smallest absolute Gasteiger partial charge is 0.238 e. The van der Waals surface area contributed by atoms with Gasteiger partial charge in [0.1, 0.15) is 5.69 Å². The van der Waals surface area contributed by atoms with Crippen molar-refractivity contribution in [2.75, 3.05) is 44.7 Å². The number of rotatable bonds is 5. The minimum absolute atomic E-state index is 0.0351. The van der Waals surface area contributed by atoms with Crippen LogP contribution in [0.3, 0.4) is 0 Å². The maximum absolute atomic E-state index is 10.1. The Bertz CT molecular complexity index is 807. The average molecular weight is 340 g/mol. The Morgan fingerprint density at radius 2 is 2.24 bits per heavy atom. The molecule has 3 N–H and O–H groups in total. The van der Waals surface area contributed by atoms with E-state index in [0.29, 0.717) is 17.5 Å². The zero-order valence-corrected chi connectivity index (χ0v) is 13.8. The highest BCUT2D eigenvalue weighted by molar-refractivity contribution is 6.20. The number of H-pyrrole nitrogens is 1. The molecule has 0 aliphatic carbocycles. The zero-order chi connectivity index (χ0) is 17.1. The molecule has 2 aliphatic rings. The van der Waals surface area contributed by atoms with Crippen molar-refractivity contribution < 1.29 is 9.84 Å². The van der Waals surface area contributed by atoms with Crippen LogP contribution in [0, 0.1) is 0 Å². The number of aromatic hydroxyl groups is 1. The maximum Gasteiger partial charge on any atom is 0.238 e. The van der Waals surface area contributed by atoms with Gasteiger partial charge in [-0.15, -0.1) is 0 Å².